The molecule has 30 heavy (non-hydrogen) atoms. The average molecular weight is 428 g/mol. The first-order valence-electron chi connectivity index (χ1n) is 9.65. The summed E-state index contributed by atoms with van der Waals surface area (Å²) in [6.45, 7) is 5.20. The standard InChI is InChI=1S/C22H25N3O4S/c1-15(2)12-23-21(26)20-11-18(29-24-20)13-25(14-19-8-5-9-30-19)22(27)16-6-4-7-17(10-16)28-3/h4-11,15H,12-14H2,1-3H3,(H,23,26). The van der Waals surface area contributed by atoms with Crippen molar-refractivity contribution in [3.8, 4) is 5.75 Å². The van der Waals surface area contributed by atoms with Crippen molar-refractivity contribution in [3.05, 3.63) is 69.7 Å². The topological polar surface area (TPSA) is 84.7 Å². The minimum absolute atomic E-state index is 0.162. The Kier molecular flexibility index (Phi) is 7.24. The lowest BCUT2D eigenvalue weighted by Gasteiger charge is -2.21. The molecule has 3 rings (SSSR count). The van der Waals surface area contributed by atoms with E-state index in [0.717, 1.165) is 4.88 Å². The number of hydrogen-bond donors (Lipinski definition) is 1. The van der Waals surface area contributed by atoms with E-state index in [1.54, 1.807) is 53.7 Å². The maximum atomic E-state index is 13.2. The van der Waals surface area contributed by atoms with Crippen molar-refractivity contribution in [1.82, 2.24) is 15.4 Å². The van der Waals surface area contributed by atoms with E-state index in [2.05, 4.69) is 10.5 Å². The third-order valence-corrected chi connectivity index (χ3v) is 5.20. The Bertz CT molecular complexity index is 982. The van der Waals surface area contributed by atoms with Gasteiger partial charge in [0.25, 0.3) is 11.8 Å². The van der Waals surface area contributed by atoms with Crippen molar-refractivity contribution >= 4 is 23.2 Å². The van der Waals surface area contributed by atoms with Crippen LogP contribution < -0.4 is 10.1 Å². The number of rotatable bonds is 9. The van der Waals surface area contributed by atoms with Crippen molar-refractivity contribution in [2.75, 3.05) is 13.7 Å². The minimum atomic E-state index is -0.289. The number of methoxy groups -OCH3 is 1. The first kappa shape index (κ1) is 21.6. The summed E-state index contributed by atoms with van der Waals surface area (Å²) in [5, 5.41) is 8.64. The van der Waals surface area contributed by atoms with Gasteiger partial charge in [0.1, 0.15) is 5.75 Å². The number of carbonyl (C=O) groups excluding carboxylic acids is 2. The molecule has 0 aliphatic rings. The average Bonchev–Trinajstić information content (AvgIpc) is 3.43. The predicted octanol–water partition coefficient (Wildman–Crippen LogP) is 3.97. The Labute approximate surface area is 179 Å². The summed E-state index contributed by atoms with van der Waals surface area (Å²) in [5.41, 5.74) is 0.718. The van der Waals surface area contributed by atoms with Crippen LogP contribution in [0.5, 0.6) is 5.75 Å². The van der Waals surface area contributed by atoms with Crippen LogP contribution in [0.4, 0.5) is 0 Å². The fraction of sp³-hybridized carbons (Fsp3) is 0.318. The second-order valence-corrected chi connectivity index (χ2v) is 8.29. The molecule has 0 saturated carbocycles. The molecule has 2 heterocycles. The lowest BCUT2D eigenvalue weighted by atomic mass is 10.1. The highest BCUT2D eigenvalue weighted by atomic mass is 32.1. The molecule has 0 unspecified atom stereocenters. The van der Waals surface area contributed by atoms with E-state index in [4.69, 9.17) is 9.26 Å². The van der Waals surface area contributed by atoms with Gasteiger partial charge < -0.3 is 19.5 Å². The van der Waals surface area contributed by atoms with Gasteiger partial charge in [0.05, 0.1) is 20.2 Å². The zero-order valence-electron chi connectivity index (χ0n) is 17.3. The molecule has 0 fully saturated rings. The molecule has 1 N–H and O–H groups in total. The quantitative estimate of drug-likeness (QED) is 0.558. The van der Waals surface area contributed by atoms with E-state index >= 15 is 0 Å². The number of nitrogens with zero attached hydrogens (tertiary/aromatic N) is 2. The largest absolute Gasteiger partial charge is 0.497 e. The fourth-order valence-electron chi connectivity index (χ4n) is 2.80. The maximum Gasteiger partial charge on any atom is 0.273 e. The molecule has 0 aliphatic heterocycles. The summed E-state index contributed by atoms with van der Waals surface area (Å²) in [6, 6.07) is 12.5. The number of nitrogens with one attached hydrogen (secondary N) is 1. The molecule has 3 aromatic rings. The molecule has 8 heteroatoms. The third kappa shape index (κ3) is 5.70. The Hall–Kier alpha value is -3.13. The van der Waals surface area contributed by atoms with Gasteiger partial charge in [0, 0.05) is 23.1 Å². The first-order chi connectivity index (χ1) is 14.5. The highest BCUT2D eigenvalue weighted by Gasteiger charge is 2.21. The number of carbonyl (C=O) groups is 2. The molecule has 0 bridgehead atoms. The van der Waals surface area contributed by atoms with E-state index < -0.39 is 0 Å². The van der Waals surface area contributed by atoms with E-state index in [-0.39, 0.29) is 24.1 Å². The molecular weight excluding hydrogens is 402 g/mol. The van der Waals surface area contributed by atoms with Crippen LogP contribution in [-0.4, -0.2) is 35.5 Å². The molecule has 0 radical (unpaired) electrons. The van der Waals surface area contributed by atoms with Gasteiger partial charge in [0.2, 0.25) is 0 Å². The Morgan fingerprint density at radius 2 is 2.03 bits per heavy atom. The highest BCUT2D eigenvalue weighted by molar-refractivity contribution is 7.09. The van der Waals surface area contributed by atoms with Crippen molar-refractivity contribution in [2.45, 2.75) is 26.9 Å². The van der Waals surface area contributed by atoms with E-state index in [1.165, 1.54) is 0 Å². The fourth-order valence-corrected chi connectivity index (χ4v) is 3.52. The van der Waals surface area contributed by atoms with Crippen LogP contribution in [0.2, 0.25) is 0 Å². The molecule has 158 valence electrons. The predicted molar refractivity (Wildman–Crippen MR) is 115 cm³/mol. The Morgan fingerprint density at radius 1 is 1.20 bits per heavy atom. The van der Waals surface area contributed by atoms with Crippen LogP contribution in [-0.2, 0) is 13.1 Å². The van der Waals surface area contributed by atoms with E-state index in [0.29, 0.717) is 36.1 Å². The SMILES string of the molecule is COc1cccc(C(=O)N(Cc2cc(C(=O)NCC(C)C)no2)Cc2cccs2)c1. The minimum Gasteiger partial charge on any atom is -0.497 e. The van der Waals surface area contributed by atoms with E-state index in [9.17, 15) is 9.59 Å². The van der Waals surface area contributed by atoms with Gasteiger partial charge in [-0.15, -0.1) is 11.3 Å². The Balaban J connectivity index is 1.78. The number of aromatic nitrogens is 1. The number of amides is 2. The molecular formula is C22H25N3O4S. The van der Waals surface area contributed by atoms with Crippen LogP contribution in [0.1, 0.15) is 45.3 Å². The van der Waals surface area contributed by atoms with Crippen LogP contribution >= 0.6 is 11.3 Å². The lowest BCUT2D eigenvalue weighted by molar-refractivity contribution is 0.0714. The molecule has 2 amide bonds. The highest BCUT2D eigenvalue weighted by Crippen LogP contribution is 2.20. The van der Waals surface area contributed by atoms with Crippen LogP contribution in [0.25, 0.3) is 0 Å². The van der Waals surface area contributed by atoms with Crippen LogP contribution in [0.3, 0.4) is 0 Å². The van der Waals surface area contributed by atoms with Gasteiger partial charge in [-0.25, -0.2) is 0 Å². The molecule has 7 nitrogen and oxygen atoms in total. The van der Waals surface area contributed by atoms with Crippen LogP contribution in [0, 0.1) is 5.92 Å². The van der Waals surface area contributed by atoms with Crippen molar-refractivity contribution in [1.29, 1.82) is 0 Å². The first-order valence-corrected chi connectivity index (χ1v) is 10.5. The molecule has 0 spiro atoms. The summed E-state index contributed by atoms with van der Waals surface area (Å²) < 4.78 is 10.6. The number of ether oxygens (including phenoxy) is 1. The number of hydrogen-bond acceptors (Lipinski definition) is 6. The third-order valence-electron chi connectivity index (χ3n) is 4.34. The van der Waals surface area contributed by atoms with Crippen molar-refractivity contribution in [3.63, 3.8) is 0 Å². The van der Waals surface area contributed by atoms with Crippen LogP contribution in [0.15, 0.2) is 52.4 Å². The monoisotopic (exact) mass is 427 g/mol. The molecule has 0 saturated heterocycles. The zero-order chi connectivity index (χ0) is 21.5. The molecule has 0 aliphatic carbocycles. The Morgan fingerprint density at radius 3 is 2.73 bits per heavy atom. The number of benzene rings is 1. The summed E-state index contributed by atoms with van der Waals surface area (Å²) in [4.78, 5) is 28.1. The number of thiophene rings is 1. The molecule has 1 aromatic carbocycles. The van der Waals surface area contributed by atoms with Gasteiger partial charge in [-0.3, -0.25) is 9.59 Å². The van der Waals surface area contributed by atoms with Crippen molar-refractivity contribution in [2.24, 2.45) is 5.92 Å². The van der Waals surface area contributed by atoms with Gasteiger partial charge in [-0.2, -0.15) is 0 Å². The summed E-state index contributed by atoms with van der Waals surface area (Å²) >= 11 is 1.57. The van der Waals surface area contributed by atoms with Gasteiger partial charge in [-0.05, 0) is 35.6 Å². The summed E-state index contributed by atoms with van der Waals surface area (Å²) in [5.74, 6) is 0.937. The second kappa shape index (κ2) is 10.1. The molecule has 2 aromatic heterocycles. The second-order valence-electron chi connectivity index (χ2n) is 7.25. The summed E-state index contributed by atoms with van der Waals surface area (Å²) in [6.07, 6.45) is 0. The van der Waals surface area contributed by atoms with E-state index in [1.807, 2.05) is 31.4 Å². The summed E-state index contributed by atoms with van der Waals surface area (Å²) in [7, 11) is 1.56. The zero-order valence-corrected chi connectivity index (χ0v) is 18.1. The smallest absolute Gasteiger partial charge is 0.273 e. The van der Waals surface area contributed by atoms with Gasteiger partial charge >= 0.3 is 0 Å². The lowest BCUT2D eigenvalue weighted by Crippen LogP contribution is -2.29. The van der Waals surface area contributed by atoms with Gasteiger partial charge in [-0.1, -0.05) is 31.1 Å². The van der Waals surface area contributed by atoms with Crippen molar-refractivity contribution < 1.29 is 18.8 Å². The maximum absolute atomic E-state index is 13.2. The normalized spacial score (nSPS) is 10.8. The van der Waals surface area contributed by atoms with Gasteiger partial charge in [0.15, 0.2) is 11.5 Å². The molecule has 0 atom stereocenters.